The van der Waals surface area contributed by atoms with Crippen LogP contribution in [0.15, 0.2) is 47.8 Å². The van der Waals surface area contributed by atoms with Crippen molar-refractivity contribution in [3.8, 4) is 11.3 Å². The van der Waals surface area contributed by atoms with Crippen LogP contribution in [0.4, 0.5) is 10.8 Å². The minimum Gasteiger partial charge on any atom is -0.314 e. The fourth-order valence-corrected chi connectivity index (χ4v) is 4.30. The Morgan fingerprint density at radius 1 is 1.18 bits per heavy atom. The Hall–Kier alpha value is -2.99. The fraction of sp³-hybridized carbons (Fsp3) is 0.227. The Morgan fingerprint density at radius 3 is 2.68 bits per heavy atom. The van der Waals surface area contributed by atoms with Gasteiger partial charge in [0.05, 0.1) is 11.1 Å². The third-order valence-corrected chi connectivity index (χ3v) is 6.04. The minimum atomic E-state index is -0.558. The molecule has 3 aromatic rings. The van der Waals surface area contributed by atoms with Gasteiger partial charge in [-0.05, 0) is 50.1 Å². The SMILES string of the molecule is Cc1ccccc1C(=O)Nc1nc(-c2ccc3c(c2)C(C)(C)C(=O)N3C)cs1. The van der Waals surface area contributed by atoms with E-state index in [0.29, 0.717) is 10.7 Å². The maximum absolute atomic E-state index is 12.5. The molecular formula is C22H21N3O2S. The summed E-state index contributed by atoms with van der Waals surface area (Å²) < 4.78 is 0. The van der Waals surface area contributed by atoms with Crippen LogP contribution < -0.4 is 10.2 Å². The third kappa shape index (κ3) is 2.90. The standard InChI is InChI=1S/C22H21N3O2S/c1-13-7-5-6-8-15(13)19(26)24-21-23-17(12-28-21)14-9-10-18-16(11-14)22(2,3)20(27)25(18)4/h5-12H,1-4H3,(H,23,24,26). The van der Waals surface area contributed by atoms with E-state index in [4.69, 9.17) is 0 Å². The van der Waals surface area contributed by atoms with E-state index in [1.807, 2.05) is 62.5 Å². The Labute approximate surface area is 168 Å². The second-order valence-corrected chi connectivity index (χ2v) is 8.39. The van der Waals surface area contributed by atoms with Crippen LogP contribution >= 0.6 is 11.3 Å². The van der Waals surface area contributed by atoms with Gasteiger partial charge in [0.15, 0.2) is 5.13 Å². The number of anilines is 2. The highest BCUT2D eigenvalue weighted by molar-refractivity contribution is 7.14. The number of nitrogens with one attached hydrogen (secondary N) is 1. The van der Waals surface area contributed by atoms with Gasteiger partial charge in [0, 0.05) is 29.2 Å². The monoisotopic (exact) mass is 391 g/mol. The summed E-state index contributed by atoms with van der Waals surface area (Å²) in [4.78, 5) is 31.3. The van der Waals surface area contributed by atoms with Gasteiger partial charge in [0.1, 0.15) is 0 Å². The molecule has 0 spiro atoms. The van der Waals surface area contributed by atoms with E-state index in [1.165, 1.54) is 11.3 Å². The summed E-state index contributed by atoms with van der Waals surface area (Å²) in [5, 5.41) is 5.35. The number of amides is 2. The maximum Gasteiger partial charge on any atom is 0.257 e. The average Bonchev–Trinajstić information content (AvgIpc) is 3.20. The normalized spacial score (nSPS) is 14.9. The molecule has 4 rings (SSSR count). The summed E-state index contributed by atoms with van der Waals surface area (Å²) in [5.41, 5.74) is 4.65. The zero-order valence-corrected chi connectivity index (χ0v) is 17.1. The lowest BCUT2D eigenvalue weighted by atomic mass is 9.85. The number of nitrogens with zero attached hydrogens (tertiary/aromatic N) is 2. The number of fused-ring (bicyclic) bond motifs is 1. The number of benzene rings is 2. The van der Waals surface area contributed by atoms with Crippen LogP contribution in [0.5, 0.6) is 0 Å². The Morgan fingerprint density at radius 2 is 1.93 bits per heavy atom. The molecule has 0 unspecified atom stereocenters. The smallest absolute Gasteiger partial charge is 0.257 e. The van der Waals surface area contributed by atoms with Gasteiger partial charge >= 0.3 is 0 Å². The zero-order valence-electron chi connectivity index (χ0n) is 16.2. The van der Waals surface area contributed by atoms with Crippen LogP contribution in [0.1, 0.15) is 35.3 Å². The number of hydrogen-bond donors (Lipinski definition) is 1. The van der Waals surface area contributed by atoms with Gasteiger partial charge in [-0.2, -0.15) is 0 Å². The molecule has 2 aromatic carbocycles. The highest BCUT2D eigenvalue weighted by Crippen LogP contribution is 2.42. The number of carbonyl (C=O) groups excluding carboxylic acids is 2. The number of aromatic nitrogens is 1. The van der Waals surface area contributed by atoms with Crippen LogP contribution in [-0.4, -0.2) is 23.8 Å². The summed E-state index contributed by atoms with van der Waals surface area (Å²) in [5.74, 6) is -0.0783. The molecule has 0 aliphatic carbocycles. The molecule has 0 fully saturated rings. The molecule has 2 heterocycles. The van der Waals surface area contributed by atoms with Crippen molar-refractivity contribution in [1.29, 1.82) is 0 Å². The second kappa shape index (κ2) is 6.56. The van der Waals surface area contributed by atoms with Gasteiger partial charge in [-0.25, -0.2) is 4.98 Å². The Bertz CT molecular complexity index is 1100. The molecule has 0 radical (unpaired) electrons. The summed E-state index contributed by atoms with van der Waals surface area (Å²) in [7, 11) is 1.80. The summed E-state index contributed by atoms with van der Waals surface area (Å²) in [6, 6.07) is 13.4. The number of thiazole rings is 1. The van der Waals surface area contributed by atoms with Crippen molar-refractivity contribution in [1.82, 2.24) is 4.98 Å². The molecule has 2 amide bonds. The van der Waals surface area contributed by atoms with Crippen LogP contribution in [0.2, 0.25) is 0 Å². The van der Waals surface area contributed by atoms with Gasteiger partial charge < -0.3 is 4.90 Å². The van der Waals surface area contributed by atoms with Gasteiger partial charge in [0.2, 0.25) is 5.91 Å². The lowest BCUT2D eigenvalue weighted by molar-refractivity contribution is -0.121. The molecule has 5 nitrogen and oxygen atoms in total. The Balaban J connectivity index is 1.61. The molecule has 1 aromatic heterocycles. The largest absolute Gasteiger partial charge is 0.314 e. The molecule has 0 atom stereocenters. The first-order valence-corrected chi connectivity index (χ1v) is 9.92. The van der Waals surface area contributed by atoms with E-state index in [-0.39, 0.29) is 11.8 Å². The highest BCUT2D eigenvalue weighted by Gasteiger charge is 2.42. The highest BCUT2D eigenvalue weighted by atomic mass is 32.1. The summed E-state index contributed by atoms with van der Waals surface area (Å²) >= 11 is 1.39. The van der Waals surface area contributed by atoms with Gasteiger partial charge in [-0.15, -0.1) is 11.3 Å². The van der Waals surface area contributed by atoms with Crippen molar-refractivity contribution in [3.05, 3.63) is 64.5 Å². The van der Waals surface area contributed by atoms with Crippen molar-refractivity contribution >= 4 is 34.0 Å². The molecule has 6 heteroatoms. The molecule has 1 aliphatic heterocycles. The van der Waals surface area contributed by atoms with E-state index in [0.717, 1.165) is 28.1 Å². The molecule has 0 saturated carbocycles. The predicted molar refractivity (Wildman–Crippen MR) is 113 cm³/mol. The summed E-state index contributed by atoms with van der Waals surface area (Å²) in [6.07, 6.45) is 0. The van der Waals surface area contributed by atoms with E-state index in [1.54, 1.807) is 18.0 Å². The van der Waals surface area contributed by atoms with Crippen LogP contribution in [0.3, 0.4) is 0 Å². The van der Waals surface area contributed by atoms with Crippen LogP contribution in [0, 0.1) is 6.92 Å². The Kier molecular flexibility index (Phi) is 4.31. The van der Waals surface area contributed by atoms with Crippen molar-refractivity contribution in [2.75, 3.05) is 17.3 Å². The van der Waals surface area contributed by atoms with Gasteiger partial charge in [-0.3, -0.25) is 14.9 Å². The van der Waals surface area contributed by atoms with Crippen molar-refractivity contribution in [2.24, 2.45) is 0 Å². The van der Waals surface area contributed by atoms with Crippen LogP contribution in [0.25, 0.3) is 11.3 Å². The molecule has 1 N–H and O–H groups in total. The number of carbonyl (C=O) groups is 2. The average molecular weight is 391 g/mol. The topological polar surface area (TPSA) is 62.3 Å². The molecule has 28 heavy (non-hydrogen) atoms. The third-order valence-electron chi connectivity index (χ3n) is 5.28. The first-order chi connectivity index (χ1) is 13.3. The summed E-state index contributed by atoms with van der Waals surface area (Å²) in [6.45, 7) is 5.79. The molecule has 1 aliphatic rings. The van der Waals surface area contributed by atoms with Crippen LogP contribution in [-0.2, 0) is 10.2 Å². The number of hydrogen-bond acceptors (Lipinski definition) is 4. The van der Waals surface area contributed by atoms with E-state index in [9.17, 15) is 9.59 Å². The zero-order chi connectivity index (χ0) is 20.1. The number of likely N-dealkylation sites (N-methyl/N-ethyl adjacent to an activating group) is 1. The van der Waals surface area contributed by atoms with Crippen molar-refractivity contribution in [3.63, 3.8) is 0 Å². The lowest BCUT2D eigenvalue weighted by Gasteiger charge is -2.16. The van der Waals surface area contributed by atoms with Gasteiger partial charge in [0.25, 0.3) is 5.91 Å². The first kappa shape index (κ1) is 18.4. The molecule has 142 valence electrons. The van der Waals surface area contributed by atoms with E-state index >= 15 is 0 Å². The lowest BCUT2D eigenvalue weighted by Crippen LogP contribution is -2.33. The molecule has 0 saturated heterocycles. The predicted octanol–water partition coefficient (Wildman–Crippen LogP) is 4.62. The minimum absolute atomic E-state index is 0.0871. The molecular weight excluding hydrogens is 370 g/mol. The van der Waals surface area contributed by atoms with E-state index in [2.05, 4.69) is 10.3 Å². The maximum atomic E-state index is 12.5. The number of aryl methyl sites for hydroxylation is 1. The quantitative estimate of drug-likeness (QED) is 0.708. The fourth-order valence-electron chi connectivity index (χ4n) is 3.59. The van der Waals surface area contributed by atoms with Crippen molar-refractivity contribution < 1.29 is 9.59 Å². The van der Waals surface area contributed by atoms with Crippen molar-refractivity contribution in [2.45, 2.75) is 26.2 Å². The first-order valence-electron chi connectivity index (χ1n) is 9.04. The second-order valence-electron chi connectivity index (χ2n) is 7.53. The van der Waals surface area contributed by atoms with E-state index < -0.39 is 5.41 Å². The number of rotatable bonds is 3. The molecule has 0 bridgehead atoms. The van der Waals surface area contributed by atoms with Gasteiger partial charge in [-0.1, -0.05) is 24.3 Å².